The average Bonchev–Trinajstić information content (AvgIpc) is 3.60. The highest BCUT2D eigenvalue weighted by Gasteiger charge is 2.26. The third-order valence-corrected chi connectivity index (χ3v) is 9.40. The molecule has 3 nitrogen and oxygen atoms in total. The molecule has 236 valence electrons. The minimum absolute atomic E-state index is 0.915. The quantitative estimate of drug-likeness (QED) is 0.173. The summed E-state index contributed by atoms with van der Waals surface area (Å²) in [5, 5.41) is 7.79. The molecule has 0 saturated carbocycles. The zero-order valence-electron chi connectivity index (χ0n) is 27.4. The second kappa shape index (κ2) is 12.7. The molecule has 0 spiro atoms. The molecule has 0 N–H and O–H groups in total. The number of hydrogen-bond acceptors (Lipinski definition) is 2. The zero-order valence-corrected chi connectivity index (χ0v) is 27.4. The first kappa shape index (κ1) is 29.4. The van der Waals surface area contributed by atoms with Crippen LogP contribution in [0.5, 0.6) is 0 Å². The molecule has 0 fully saturated rings. The highest BCUT2D eigenvalue weighted by atomic mass is 15.3. The molecule has 0 radical (unpaired) electrons. The van der Waals surface area contributed by atoms with Gasteiger partial charge in [-0.2, -0.15) is 5.10 Å². The maximum absolute atomic E-state index is 5.49. The van der Waals surface area contributed by atoms with E-state index in [9.17, 15) is 0 Å². The summed E-state index contributed by atoms with van der Waals surface area (Å²) in [6.07, 6.45) is 0. The number of anilines is 3. The highest BCUT2D eigenvalue weighted by molar-refractivity contribution is 6.10. The van der Waals surface area contributed by atoms with Crippen LogP contribution in [0.4, 0.5) is 17.1 Å². The maximum Gasteiger partial charge on any atom is 0.117 e. The fourth-order valence-corrected chi connectivity index (χ4v) is 6.96. The predicted octanol–water partition coefficient (Wildman–Crippen LogP) is 12.6. The van der Waals surface area contributed by atoms with Gasteiger partial charge in [0.1, 0.15) is 11.4 Å². The SMILES string of the molecule is c1ccc(-c2ccc(N(c3ccc(-c4ccccc4)cc3)c3c(-c4ccccc4)nn4c(-c5ccccc5)cc5ccccc5c34)cc2)cc1. The number of nitrogens with zero attached hydrogens (tertiary/aromatic N) is 3. The van der Waals surface area contributed by atoms with Crippen molar-refractivity contribution in [2.45, 2.75) is 0 Å². The summed E-state index contributed by atoms with van der Waals surface area (Å²) in [7, 11) is 0. The molecule has 50 heavy (non-hydrogen) atoms. The van der Waals surface area contributed by atoms with Crippen molar-refractivity contribution in [1.29, 1.82) is 0 Å². The largest absolute Gasteiger partial charge is 0.306 e. The third-order valence-electron chi connectivity index (χ3n) is 9.40. The summed E-state index contributed by atoms with van der Waals surface area (Å²) in [4.78, 5) is 2.38. The summed E-state index contributed by atoms with van der Waals surface area (Å²) in [5.74, 6) is 0. The Morgan fingerprint density at radius 3 is 1.32 bits per heavy atom. The lowest BCUT2D eigenvalue weighted by Gasteiger charge is -2.26. The van der Waals surface area contributed by atoms with Crippen LogP contribution in [-0.4, -0.2) is 9.61 Å². The van der Waals surface area contributed by atoms with E-state index in [1.807, 2.05) is 0 Å². The molecule has 7 aromatic carbocycles. The van der Waals surface area contributed by atoms with Gasteiger partial charge in [0.25, 0.3) is 0 Å². The van der Waals surface area contributed by atoms with Crippen LogP contribution in [0.15, 0.2) is 200 Å². The van der Waals surface area contributed by atoms with Crippen LogP contribution in [-0.2, 0) is 0 Å². The van der Waals surface area contributed by atoms with Gasteiger partial charge in [-0.1, -0.05) is 170 Å². The molecular formula is C47H33N3. The van der Waals surface area contributed by atoms with Gasteiger partial charge in [0, 0.05) is 27.9 Å². The van der Waals surface area contributed by atoms with E-state index in [4.69, 9.17) is 5.10 Å². The van der Waals surface area contributed by atoms with E-state index in [1.165, 1.54) is 27.6 Å². The van der Waals surface area contributed by atoms with Crippen LogP contribution in [0.3, 0.4) is 0 Å². The molecule has 0 aliphatic rings. The van der Waals surface area contributed by atoms with Crippen molar-refractivity contribution in [2.75, 3.05) is 4.90 Å². The van der Waals surface area contributed by atoms with Gasteiger partial charge in [0.15, 0.2) is 0 Å². The van der Waals surface area contributed by atoms with Crippen molar-refractivity contribution in [3.8, 4) is 44.8 Å². The number of rotatable bonds is 7. The summed E-state index contributed by atoms with van der Waals surface area (Å²) < 4.78 is 2.15. The Kier molecular flexibility index (Phi) is 7.49. The van der Waals surface area contributed by atoms with Crippen molar-refractivity contribution in [2.24, 2.45) is 0 Å². The van der Waals surface area contributed by atoms with Crippen LogP contribution in [0.2, 0.25) is 0 Å². The number of aromatic nitrogens is 2. The van der Waals surface area contributed by atoms with E-state index >= 15 is 0 Å². The van der Waals surface area contributed by atoms with Crippen molar-refractivity contribution >= 4 is 33.4 Å². The van der Waals surface area contributed by atoms with Gasteiger partial charge in [-0.3, -0.25) is 0 Å². The van der Waals surface area contributed by atoms with Crippen LogP contribution >= 0.6 is 0 Å². The Labute approximate surface area is 292 Å². The minimum atomic E-state index is 0.915. The summed E-state index contributed by atoms with van der Waals surface area (Å²) >= 11 is 0. The lowest BCUT2D eigenvalue weighted by atomic mass is 10.0. The number of benzene rings is 7. The van der Waals surface area contributed by atoms with Gasteiger partial charge < -0.3 is 4.90 Å². The molecule has 9 rings (SSSR count). The molecule has 0 aliphatic carbocycles. The molecular weight excluding hydrogens is 607 g/mol. The van der Waals surface area contributed by atoms with Gasteiger partial charge in [-0.05, 0) is 58.0 Å². The molecule has 0 bridgehead atoms. The van der Waals surface area contributed by atoms with Crippen molar-refractivity contribution < 1.29 is 0 Å². The number of hydrogen-bond donors (Lipinski definition) is 0. The fourth-order valence-electron chi connectivity index (χ4n) is 6.96. The predicted molar refractivity (Wildman–Crippen MR) is 209 cm³/mol. The van der Waals surface area contributed by atoms with Gasteiger partial charge in [0.2, 0.25) is 0 Å². The lowest BCUT2D eigenvalue weighted by Crippen LogP contribution is -2.11. The summed E-state index contributed by atoms with van der Waals surface area (Å²) in [6, 6.07) is 70.9. The minimum Gasteiger partial charge on any atom is -0.306 e. The van der Waals surface area contributed by atoms with Gasteiger partial charge in [0.05, 0.1) is 11.2 Å². The van der Waals surface area contributed by atoms with Crippen molar-refractivity contribution in [1.82, 2.24) is 9.61 Å². The Hall–Kier alpha value is -6.71. The van der Waals surface area contributed by atoms with E-state index in [0.29, 0.717) is 0 Å². The summed E-state index contributed by atoms with van der Waals surface area (Å²) in [6.45, 7) is 0. The van der Waals surface area contributed by atoms with E-state index in [1.54, 1.807) is 0 Å². The molecule has 0 amide bonds. The number of pyridine rings is 1. The van der Waals surface area contributed by atoms with Crippen LogP contribution in [0.25, 0.3) is 61.1 Å². The zero-order chi connectivity index (χ0) is 33.3. The monoisotopic (exact) mass is 639 g/mol. The molecule has 0 unspecified atom stereocenters. The van der Waals surface area contributed by atoms with E-state index < -0.39 is 0 Å². The molecule has 0 atom stereocenters. The normalized spacial score (nSPS) is 11.2. The Balaban J connectivity index is 1.35. The lowest BCUT2D eigenvalue weighted by molar-refractivity contribution is 0.979. The molecule has 2 heterocycles. The molecule has 2 aromatic heterocycles. The van der Waals surface area contributed by atoms with Gasteiger partial charge >= 0.3 is 0 Å². The summed E-state index contributed by atoms with van der Waals surface area (Å²) in [5.41, 5.74) is 13.1. The molecule has 0 aliphatic heterocycles. The van der Waals surface area contributed by atoms with E-state index in [0.717, 1.165) is 50.5 Å². The van der Waals surface area contributed by atoms with E-state index in [2.05, 4.69) is 210 Å². The molecule has 9 aromatic rings. The first-order valence-electron chi connectivity index (χ1n) is 17.0. The van der Waals surface area contributed by atoms with Gasteiger partial charge in [-0.25, -0.2) is 4.52 Å². The fraction of sp³-hybridized carbons (Fsp3) is 0. The Morgan fingerprint density at radius 1 is 0.380 bits per heavy atom. The second-order valence-electron chi connectivity index (χ2n) is 12.5. The van der Waals surface area contributed by atoms with Crippen LogP contribution in [0, 0.1) is 0 Å². The smallest absolute Gasteiger partial charge is 0.117 e. The first-order chi connectivity index (χ1) is 24.8. The second-order valence-corrected chi connectivity index (χ2v) is 12.5. The maximum atomic E-state index is 5.49. The van der Waals surface area contributed by atoms with Crippen molar-refractivity contribution in [3.05, 3.63) is 200 Å². The molecule has 3 heteroatoms. The Morgan fingerprint density at radius 2 is 0.800 bits per heavy atom. The standard InChI is InChI=1S/C47H33N3/c1-5-15-34(16-6-1)36-25-29-41(30-26-36)49(42-31-27-37(28-32-42)35-17-7-2-8-18-35)47-45(39-21-11-4-12-22-39)48-50-44(38-19-9-3-10-20-38)33-40-23-13-14-24-43(40)46(47)50/h1-33H. The molecule has 0 saturated heterocycles. The first-order valence-corrected chi connectivity index (χ1v) is 17.0. The third kappa shape index (κ3) is 5.32. The van der Waals surface area contributed by atoms with Crippen molar-refractivity contribution in [3.63, 3.8) is 0 Å². The topological polar surface area (TPSA) is 20.5 Å². The van der Waals surface area contributed by atoms with Crippen LogP contribution < -0.4 is 4.90 Å². The van der Waals surface area contributed by atoms with Gasteiger partial charge in [-0.15, -0.1) is 0 Å². The van der Waals surface area contributed by atoms with E-state index in [-0.39, 0.29) is 0 Å². The average molecular weight is 640 g/mol. The highest BCUT2D eigenvalue weighted by Crippen LogP contribution is 2.47. The number of fused-ring (bicyclic) bond motifs is 3. The van der Waals surface area contributed by atoms with Crippen LogP contribution in [0.1, 0.15) is 0 Å². The Bertz CT molecular complexity index is 2460.